The lowest BCUT2D eigenvalue weighted by Crippen LogP contribution is -2.21. The summed E-state index contributed by atoms with van der Waals surface area (Å²) in [5, 5.41) is 3.03. The molecular formula is C11H15F3N2. The highest BCUT2D eigenvalue weighted by atomic mass is 19.4. The van der Waals surface area contributed by atoms with Gasteiger partial charge in [-0.25, -0.2) is 0 Å². The third-order valence-corrected chi connectivity index (χ3v) is 2.27. The highest BCUT2D eigenvalue weighted by molar-refractivity contribution is 5.12. The van der Waals surface area contributed by atoms with Crippen LogP contribution in [0.3, 0.4) is 0 Å². The molecule has 0 aliphatic heterocycles. The molecule has 5 heteroatoms. The smallest absolute Gasteiger partial charge is 0.310 e. The molecule has 1 heterocycles. The van der Waals surface area contributed by atoms with Crippen LogP contribution < -0.4 is 5.32 Å². The largest absolute Gasteiger partial charge is 0.389 e. The normalized spacial score (nSPS) is 13.8. The van der Waals surface area contributed by atoms with Crippen LogP contribution in [0.2, 0.25) is 0 Å². The predicted molar refractivity (Wildman–Crippen MR) is 55.9 cm³/mol. The zero-order valence-electron chi connectivity index (χ0n) is 9.09. The van der Waals surface area contributed by atoms with Crippen LogP contribution in [0.5, 0.6) is 0 Å². The third-order valence-electron chi connectivity index (χ3n) is 2.27. The van der Waals surface area contributed by atoms with Crippen molar-refractivity contribution in [2.75, 3.05) is 6.54 Å². The molecule has 0 amide bonds. The van der Waals surface area contributed by atoms with Crippen molar-refractivity contribution in [1.82, 2.24) is 10.3 Å². The number of rotatable bonds is 5. The number of hydrogen-bond donors (Lipinski definition) is 1. The number of nitrogens with zero attached hydrogens (tertiary/aromatic N) is 1. The Kier molecular flexibility index (Phi) is 4.73. The van der Waals surface area contributed by atoms with Crippen LogP contribution in [-0.2, 0) is 0 Å². The van der Waals surface area contributed by atoms with Crippen molar-refractivity contribution in [3.8, 4) is 0 Å². The second kappa shape index (κ2) is 5.84. The molecule has 1 aromatic rings. The Balaban J connectivity index is 2.24. The fourth-order valence-corrected chi connectivity index (χ4v) is 1.36. The minimum atomic E-state index is -4.06. The quantitative estimate of drug-likeness (QED) is 0.789. The summed E-state index contributed by atoms with van der Waals surface area (Å²) in [7, 11) is 0. The van der Waals surface area contributed by atoms with Gasteiger partial charge in [-0.3, -0.25) is 4.98 Å². The van der Waals surface area contributed by atoms with Gasteiger partial charge in [-0.05, 0) is 31.5 Å². The van der Waals surface area contributed by atoms with E-state index in [1.54, 1.807) is 12.4 Å². The van der Waals surface area contributed by atoms with Gasteiger partial charge in [-0.15, -0.1) is 0 Å². The van der Waals surface area contributed by atoms with E-state index in [4.69, 9.17) is 0 Å². The topological polar surface area (TPSA) is 24.9 Å². The van der Waals surface area contributed by atoms with E-state index in [9.17, 15) is 13.2 Å². The number of hydrogen-bond acceptors (Lipinski definition) is 2. The summed E-state index contributed by atoms with van der Waals surface area (Å²) in [6.07, 6.45) is -1.31. The molecule has 0 saturated heterocycles. The standard InChI is InChI=1S/C11H15F3N2/c1-9(10-4-2-6-15-8-10)16-7-3-5-11(12,13)14/h2,4,6,8-9,16H,3,5,7H2,1H3/t9-/m1/s1. The fraction of sp³-hybridized carbons (Fsp3) is 0.545. The first-order chi connectivity index (χ1) is 7.49. The van der Waals surface area contributed by atoms with Crippen LogP contribution >= 0.6 is 0 Å². The van der Waals surface area contributed by atoms with Crippen LogP contribution in [0.1, 0.15) is 31.4 Å². The van der Waals surface area contributed by atoms with Crippen molar-refractivity contribution in [1.29, 1.82) is 0 Å². The van der Waals surface area contributed by atoms with Crippen LogP contribution in [0.15, 0.2) is 24.5 Å². The third kappa shape index (κ3) is 5.11. The molecule has 0 radical (unpaired) electrons. The second-order valence-corrected chi connectivity index (χ2v) is 3.68. The Morgan fingerprint density at radius 2 is 2.19 bits per heavy atom. The average molecular weight is 232 g/mol. The second-order valence-electron chi connectivity index (χ2n) is 3.68. The molecule has 1 rings (SSSR count). The number of halogens is 3. The van der Waals surface area contributed by atoms with E-state index in [0.717, 1.165) is 5.56 Å². The molecule has 0 bridgehead atoms. The van der Waals surface area contributed by atoms with Gasteiger partial charge in [0.05, 0.1) is 0 Å². The first-order valence-electron chi connectivity index (χ1n) is 5.19. The zero-order chi connectivity index (χ0) is 12.0. The van der Waals surface area contributed by atoms with E-state index < -0.39 is 12.6 Å². The van der Waals surface area contributed by atoms with Gasteiger partial charge in [-0.2, -0.15) is 13.2 Å². The Hall–Kier alpha value is -1.10. The van der Waals surface area contributed by atoms with Crippen molar-refractivity contribution >= 4 is 0 Å². The summed E-state index contributed by atoms with van der Waals surface area (Å²) in [6, 6.07) is 3.74. The summed E-state index contributed by atoms with van der Waals surface area (Å²) in [6.45, 7) is 2.26. The van der Waals surface area contributed by atoms with Gasteiger partial charge in [0.15, 0.2) is 0 Å². The molecule has 0 aliphatic carbocycles. The maximum Gasteiger partial charge on any atom is 0.389 e. The Morgan fingerprint density at radius 1 is 1.44 bits per heavy atom. The molecule has 90 valence electrons. The van der Waals surface area contributed by atoms with Crippen molar-refractivity contribution in [3.05, 3.63) is 30.1 Å². The highest BCUT2D eigenvalue weighted by Crippen LogP contribution is 2.21. The molecular weight excluding hydrogens is 217 g/mol. The lowest BCUT2D eigenvalue weighted by molar-refractivity contribution is -0.135. The molecule has 0 unspecified atom stereocenters. The van der Waals surface area contributed by atoms with Crippen LogP contribution in [0.4, 0.5) is 13.2 Å². The molecule has 0 aliphatic rings. The molecule has 16 heavy (non-hydrogen) atoms. The van der Waals surface area contributed by atoms with Crippen molar-refractivity contribution < 1.29 is 13.2 Å². The van der Waals surface area contributed by atoms with E-state index in [-0.39, 0.29) is 12.5 Å². The summed E-state index contributed by atoms with van der Waals surface area (Å²) >= 11 is 0. The van der Waals surface area contributed by atoms with Gasteiger partial charge in [0.25, 0.3) is 0 Å². The van der Waals surface area contributed by atoms with E-state index >= 15 is 0 Å². The fourth-order valence-electron chi connectivity index (χ4n) is 1.36. The molecule has 0 spiro atoms. The van der Waals surface area contributed by atoms with E-state index in [1.807, 2.05) is 19.1 Å². The Bertz CT molecular complexity index is 298. The van der Waals surface area contributed by atoms with E-state index in [1.165, 1.54) is 0 Å². The van der Waals surface area contributed by atoms with Gasteiger partial charge >= 0.3 is 6.18 Å². The van der Waals surface area contributed by atoms with Crippen molar-refractivity contribution in [3.63, 3.8) is 0 Å². The molecule has 1 N–H and O–H groups in total. The van der Waals surface area contributed by atoms with Gasteiger partial charge in [0.1, 0.15) is 0 Å². The van der Waals surface area contributed by atoms with Crippen molar-refractivity contribution in [2.45, 2.75) is 32.0 Å². The molecule has 0 fully saturated rings. The number of alkyl halides is 3. The first-order valence-corrected chi connectivity index (χ1v) is 5.19. The van der Waals surface area contributed by atoms with Gasteiger partial charge in [-0.1, -0.05) is 6.07 Å². The summed E-state index contributed by atoms with van der Waals surface area (Å²) < 4.78 is 35.6. The number of nitrogens with one attached hydrogen (secondary N) is 1. The number of pyridine rings is 1. The van der Waals surface area contributed by atoms with E-state index in [2.05, 4.69) is 10.3 Å². The monoisotopic (exact) mass is 232 g/mol. The number of aromatic nitrogens is 1. The van der Waals surface area contributed by atoms with Gasteiger partial charge in [0, 0.05) is 24.9 Å². The van der Waals surface area contributed by atoms with Gasteiger partial charge in [0.2, 0.25) is 0 Å². The van der Waals surface area contributed by atoms with E-state index in [0.29, 0.717) is 6.54 Å². The summed E-state index contributed by atoms with van der Waals surface area (Å²) in [5.41, 5.74) is 0.981. The zero-order valence-corrected chi connectivity index (χ0v) is 9.09. The maximum absolute atomic E-state index is 11.9. The van der Waals surface area contributed by atoms with Crippen LogP contribution in [0, 0.1) is 0 Å². The maximum atomic E-state index is 11.9. The minimum Gasteiger partial charge on any atom is -0.310 e. The summed E-state index contributed by atoms with van der Waals surface area (Å²) in [5.74, 6) is 0. The predicted octanol–water partition coefficient (Wildman–Crippen LogP) is 3.07. The Morgan fingerprint density at radius 3 is 2.75 bits per heavy atom. The van der Waals surface area contributed by atoms with Crippen molar-refractivity contribution in [2.24, 2.45) is 0 Å². The van der Waals surface area contributed by atoms with Gasteiger partial charge < -0.3 is 5.32 Å². The average Bonchev–Trinajstić information content (AvgIpc) is 2.24. The summed E-state index contributed by atoms with van der Waals surface area (Å²) in [4.78, 5) is 3.95. The molecule has 0 saturated carbocycles. The van der Waals surface area contributed by atoms with Crippen LogP contribution in [-0.4, -0.2) is 17.7 Å². The molecule has 1 atom stereocenters. The Labute approximate surface area is 92.9 Å². The molecule has 2 nitrogen and oxygen atoms in total. The lowest BCUT2D eigenvalue weighted by atomic mass is 10.1. The first kappa shape index (κ1) is 13.0. The van der Waals surface area contributed by atoms with Crippen LogP contribution in [0.25, 0.3) is 0 Å². The minimum absolute atomic E-state index is 0.0296. The SMILES string of the molecule is C[C@@H](NCCCC(F)(F)F)c1cccnc1. The highest BCUT2D eigenvalue weighted by Gasteiger charge is 2.25. The molecule has 0 aromatic carbocycles. The molecule has 1 aromatic heterocycles. The lowest BCUT2D eigenvalue weighted by Gasteiger charge is -2.14.